The molecule has 1 aliphatic rings. The standard InChI is InChI=1S/C23H16O6/c24-20(25)10-11-21(26)28-16-7-9-19-18(13-16)22(27)17-8-6-15(23(17)29-19)12-14-4-2-1-3-5-14/h1-5,7,9-13H,6,8H2,(H,24,25)/b11-10-,15-12+. The highest BCUT2D eigenvalue weighted by Gasteiger charge is 2.24. The van der Waals surface area contributed by atoms with Crippen LogP contribution in [0.4, 0.5) is 0 Å². The molecule has 2 aromatic carbocycles. The number of carboxylic acids is 1. The normalized spacial score (nSPS) is 14.4. The van der Waals surface area contributed by atoms with E-state index in [1.807, 2.05) is 36.4 Å². The number of hydrogen-bond acceptors (Lipinski definition) is 5. The SMILES string of the molecule is O=C(O)/C=C\C(=O)Oc1ccc2oc3c(c(=O)c2c1)CC/C3=C\c1ccccc1. The van der Waals surface area contributed by atoms with Crippen molar-refractivity contribution < 1.29 is 23.8 Å². The van der Waals surface area contributed by atoms with Crippen molar-refractivity contribution in [3.8, 4) is 5.75 Å². The molecule has 4 rings (SSSR count). The number of hydrogen-bond donors (Lipinski definition) is 1. The molecule has 1 N–H and O–H groups in total. The van der Waals surface area contributed by atoms with E-state index < -0.39 is 11.9 Å². The van der Waals surface area contributed by atoms with Crippen LogP contribution in [-0.2, 0) is 16.0 Å². The third-order valence-corrected chi connectivity index (χ3v) is 4.61. The predicted octanol–water partition coefficient (Wildman–Crippen LogP) is 3.83. The lowest BCUT2D eigenvalue weighted by atomic mass is 10.1. The van der Waals surface area contributed by atoms with E-state index in [1.54, 1.807) is 6.07 Å². The summed E-state index contributed by atoms with van der Waals surface area (Å²) in [6.45, 7) is 0. The molecule has 1 aromatic heterocycles. The van der Waals surface area contributed by atoms with Gasteiger partial charge >= 0.3 is 11.9 Å². The third-order valence-electron chi connectivity index (χ3n) is 4.61. The summed E-state index contributed by atoms with van der Waals surface area (Å²) in [5.74, 6) is -1.36. The average molecular weight is 388 g/mol. The van der Waals surface area contributed by atoms with E-state index in [2.05, 4.69) is 0 Å². The van der Waals surface area contributed by atoms with Crippen LogP contribution < -0.4 is 10.2 Å². The highest BCUT2D eigenvalue weighted by molar-refractivity contribution is 5.92. The molecular weight excluding hydrogens is 372 g/mol. The molecule has 6 heteroatoms. The van der Waals surface area contributed by atoms with Crippen molar-refractivity contribution in [2.75, 3.05) is 0 Å². The topological polar surface area (TPSA) is 93.8 Å². The summed E-state index contributed by atoms with van der Waals surface area (Å²) in [5, 5.41) is 8.87. The Morgan fingerprint density at radius 3 is 2.59 bits per heavy atom. The van der Waals surface area contributed by atoms with Crippen molar-refractivity contribution in [1.29, 1.82) is 0 Å². The fourth-order valence-electron chi connectivity index (χ4n) is 3.31. The van der Waals surface area contributed by atoms with Gasteiger partial charge in [0.1, 0.15) is 17.1 Å². The van der Waals surface area contributed by atoms with Crippen LogP contribution in [0.1, 0.15) is 23.3 Å². The summed E-state index contributed by atoms with van der Waals surface area (Å²) in [6.07, 6.45) is 4.80. The maximum absolute atomic E-state index is 13.0. The number of allylic oxidation sites excluding steroid dienone is 1. The van der Waals surface area contributed by atoms with Crippen LogP contribution in [0.15, 0.2) is 69.9 Å². The van der Waals surface area contributed by atoms with Gasteiger partial charge in [-0.05, 0) is 48.3 Å². The van der Waals surface area contributed by atoms with E-state index >= 15 is 0 Å². The second kappa shape index (κ2) is 7.59. The number of benzene rings is 2. The molecule has 0 unspecified atom stereocenters. The molecule has 0 spiro atoms. The van der Waals surface area contributed by atoms with Crippen molar-refractivity contribution in [2.45, 2.75) is 12.8 Å². The van der Waals surface area contributed by atoms with Gasteiger partial charge < -0.3 is 14.3 Å². The largest absolute Gasteiger partial charge is 0.478 e. The summed E-state index contributed by atoms with van der Waals surface area (Å²) in [4.78, 5) is 35.1. The molecule has 0 bridgehead atoms. The molecule has 0 fully saturated rings. The van der Waals surface area contributed by atoms with Gasteiger partial charge in [-0.3, -0.25) is 4.79 Å². The molecule has 0 amide bonds. The van der Waals surface area contributed by atoms with Gasteiger partial charge in [0.25, 0.3) is 0 Å². The van der Waals surface area contributed by atoms with Crippen LogP contribution in [0.5, 0.6) is 5.75 Å². The fourth-order valence-corrected chi connectivity index (χ4v) is 3.31. The van der Waals surface area contributed by atoms with Crippen molar-refractivity contribution >= 4 is 34.6 Å². The minimum atomic E-state index is -1.25. The van der Waals surface area contributed by atoms with E-state index in [0.717, 1.165) is 17.2 Å². The lowest BCUT2D eigenvalue weighted by Crippen LogP contribution is -2.09. The Hall–Kier alpha value is -3.93. The van der Waals surface area contributed by atoms with Gasteiger partial charge in [-0.25, -0.2) is 9.59 Å². The van der Waals surface area contributed by atoms with Crippen LogP contribution in [0.2, 0.25) is 0 Å². The quantitative estimate of drug-likeness (QED) is 0.415. The summed E-state index contributed by atoms with van der Waals surface area (Å²) < 4.78 is 11.1. The van der Waals surface area contributed by atoms with Crippen LogP contribution in [0.3, 0.4) is 0 Å². The van der Waals surface area contributed by atoms with Crippen molar-refractivity contribution in [1.82, 2.24) is 0 Å². The van der Waals surface area contributed by atoms with Gasteiger partial charge in [0, 0.05) is 17.7 Å². The Morgan fingerprint density at radius 2 is 1.83 bits per heavy atom. The summed E-state index contributed by atoms with van der Waals surface area (Å²) in [7, 11) is 0. The first-order valence-corrected chi connectivity index (χ1v) is 9.00. The fraction of sp³-hybridized carbons (Fsp3) is 0.0870. The highest BCUT2D eigenvalue weighted by Crippen LogP contribution is 2.34. The van der Waals surface area contributed by atoms with E-state index in [0.29, 0.717) is 41.2 Å². The first-order chi connectivity index (χ1) is 14.0. The Bertz CT molecular complexity index is 1230. The maximum Gasteiger partial charge on any atom is 0.336 e. The zero-order valence-electron chi connectivity index (χ0n) is 15.3. The lowest BCUT2D eigenvalue weighted by molar-refractivity contribution is -0.133. The predicted molar refractivity (Wildman–Crippen MR) is 108 cm³/mol. The molecule has 1 heterocycles. The maximum atomic E-state index is 13.0. The Kier molecular flexibility index (Phi) is 4.83. The van der Waals surface area contributed by atoms with Gasteiger partial charge in [0.05, 0.1) is 5.39 Å². The molecule has 6 nitrogen and oxygen atoms in total. The van der Waals surface area contributed by atoms with Crippen molar-refractivity contribution in [3.63, 3.8) is 0 Å². The first-order valence-electron chi connectivity index (χ1n) is 9.00. The van der Waals surface area contributed by atoms with E-state index in [4.69, 9.17) is 14.3 Å². The molecule has 1 aliphatic carbocycles. The summed E-state index contributed by atoms with van der Waals surface area (Å²) in [6, 6.07) is 14.3. The van der Waals surface area contributed by atoms with Crippen LogP contribution in [0.25, 0.3) is 22.6 Å². The van der Waals surface area contributed by atoms with E-state index in [-0.39, 0.29) is 11.2 Å². The van der Waals surface area contributed by atoms with Crippen molar-refractivity contribution in [3.05, 3.63) is 87.8 Å². The number of ether oxygens (including phenoxy) is 1. The molecular formula is C23H16O6. The summed E-state index contributed by atoms with van der Waals surface area (Å²) in [5.41, 5.74) is 2.86. The zero-order chi connectivity index (χ0) is 20.4. The minimum Gasteiger partial charge on any atom is -0.478 e. The molecule has 144 valence electrons. The molecule has 0 saturated heterocycles. The Balaban J connectivity index is 1.70. The average Bonchev–Trinajstić information content (AvgIpc) is 3.11. The van der Waals surface area contributed by atoms with Gasteiger partial charge in [0.2, 0.25) is 0 Å². The number of carbonyl (C=O) groups excluding carboxylic acids is 1. The summed E-state index contributed by atoms with van der Waals surface area (Å²) >= 11 is 0. The smallest absolute Gasteiger partial charge is 0.336 e. The number of fused-ring (bicyclic) bond motifs is 2. The zero-order valence-corrected chi connectivity index (χ0v) is 15.3. The van der Waals surface area contributed by atoms with Gasteiger partial charge in [-0.1, -0.05) is 30.3 Å². The molecule has 3 aromatic rings. The number of carbonyl (C=O) groups is 2. The minimum absolute atomic E-state index is 0.142. The molecule has 0 saturated carbocycles. The van der Waals surface area contributed by atoms with E-state index in [9.17, 15) is 14.4 Å². The Labute approximate surface area is 165 Å². The number of aliphatic carboxylic acids is 1. The van der Waals surface area contributed by atoms with Crippen LogP contribution >= 0.6 is 0 Å². The van der Waals surface area contributed by atoms with Crippen LogP contribution in [-0.4, -0.2) is 17.0 Å². The molecule has 0 aliphatic heterocycles. The van der Waals surface area contributed by atoms with Crippen LogP contribution in [0, 0.1) is 0 Å². The van der Waals surface area contributed by atoms with Gasteiger partial charge in [0.15, 0.2) is 5.43 Å². The second-order valence-corrected chi connectivity index (χ2v) is 6.57. The number of rotatable bonds is 4. The number of esters is 1. The van der Waals surface area contributed by atoms with Gasteiger partial charge in [-0.15, -0.1) is 0 Å². The third kappa shape index (κ3) is 3.87. The second-order valence-electron chi connectivity index (χ2n) is 6.57. The van der Waals surface area contributed by atoms with Gasteiger partial charge in [-0.2, -0.15) is 0 Å². The number of carboxylic acid groups (broad SMARTS) is 1. The Morgan fingerprint density at radius 1 is 1.03 bits per heavy atom. The van der Waals surface area contributed by atoms with E-state index in [1.165, 1.54) is 12.1 Å². The lowest BCUT2D eigenvalue weighted by Gasteiger charge is -2.06. The highest BCUT2D eigenvalue weighted by atomic mass is 16.5. The van der Waals surface area contributed by atoms with Crippen molar-refractivity contribution in [2.24, 2.45) is 0 Å². The monoisotopic (exact) mass is 388 g/mol. The first kappa shape index (κ1) is 18.4. The molecule has 29 heavy (non-hydrogen) atoms. The molecule has 0 radical (unpaired) electrons. The molecule has 0 atom stereocenters.